The zero-order valence-electron chi connectivity index (χ0n) is 11.8. The van der Waals surface area contributed by atoms with E-state index in [2.05, 4.69) is 20.6 Å². The molecule has 0 fully saturated rings. The number of fused-ring (bicyclic) bond motifs is 1. The molecule has 1 aromatic carbocycles. The Morgan fingerprint density at radius 2 is 1.75 bits per heavy atom. The number of nitrogen functional groups attached to an aromatic ring is 1. The van der Waals surface area contributed by atoms with Gasteiger partial charge in [0.1, 0.15) is 6.04 Å². The first-order valence-corrected chi connectivity index (χ1v) is 6.56. The minimum absolute atomic E-state index is 0.0896. The van der Waals surface area contributed by atoms with Gasteiger partial charge in [0.25, 0.3) is 0 Å². The average molecular weight is 273 g/mol. The molecule has 1 unspecified atom stereocenters. The molecule has 6 heteroatoms. The summed E-state index contributed by atoms with van der Waals surface area (Å²) in [5.41, 5.74) is 7.34. The molecule has 0 bridgehead atoms. The number of amides is 1. The van der Waals surface area contributed by atoms with Crippen LogP contribution in [0.3, 0.4) is 0 Å². The number of hydrogen-bond acceptors (Lipinski definition) is 5. The monoisotopic (exact) mass is 273 g/mol. The maximum Gasteiger partial charge on any atom is 0.242 e. The van der Waals surface area contributed by atoms with E-state index in [0.717, 1.165) is 11.0 Å². The van der Waals surface area contributed by atoms with Crippen LogP contribution in [0.15, 0.2) is 24.3 Å². The molecule has 4 N–H and O–H groups in total. The summed E-state index contributed by atoms with van der Waals surface area (Å²) < 4.78 is 0. The van der Waals surface area contributed by atoms with Crippen molar-refractivity contribution in [1.82, 2.24) is 15.3 Å². The molecule has 0 radical (unpaired) electrons. The van der Waals surface area contributed by atoms with E-state index in [1.54, 1.807) is 6.92 Å². The molecular weight excluding hydrogens is 254 g/mol. The zero-order chi connectivity index (χ0) is 14.7. The molecule has 106 valence electrons. The summed E-state index contributed by atoms with van der Waals surface area (Å²) in [5, 5.41) is 5.83. The topological polar surface area (TPSA) is 92.9 Å². The van der Waals surface area contributed by atoms with Gasteiger partial charge in [0.2, 0.25) is 5.91 Å². The third kappa shape index (κ3) is 3.14. The van der Waals surface area contributed by atoms with Gasteiger partial charge in [-0.05, 0) is 32.9 Å². The molecule has 1 heterocycles. The fourth-order valence-electron chi connectivity index (χ4n) is 1.80. The Labute approximate surface area is 117 Å². The molecule has 1 aromatic heterocycles. The summed E-state index contributed by atoms with van der Waals surface area (Å²) in [5.74, 6) is 0.609. The van der Waals surface area contributed by atoms with Crippen molar-refractivity contribution in [3.05, 3.63) is 24.3 Å². The first kappa shape index (κ1) is 14.0. The number of carbonyl (C=O) groups excluding carboxylic acids is 1. The van der Waals surface area contributed by atoms with E-state index in [1.165, 1.54) is 0 Å². The average Bonchev–Trinajstić information content (AvgIpc) is 2.38. The lowest BCUT2D eigenvalue weighted by Gasteiger charge is -2.17. The highest BCUT2D eigenvalue weighted by Gasteiger charge is 2.16. The second-order valence-corrected chi connectivity index (χ2v) is 4.98. The second kappa shape index (κ2) is 5.73. The number of nitrogens with two attached hydrogens (primary N) is 1. The molecule has 0 saturated carbocycles. The molecule has 0 aliphatic heterocycles. The molecule has 0 aliphatic rings. The SMILES string of the molecule is CC(C)NC(=O)C(C)Nc1nc2ccccc2nc1N. The number of nitrogens with zero attached hydrogens (tertiary/aromatic N) is 2. The highest BCUT2D eigenvalue weighted by atomic mass is 16.2. The number of rotatable bonds is 4. The molecule has 0 spiro atoms. The Kier molecular flexibility index (Phi) is 4.02. The summed E-state index contributed by atoms with van der Waals surface area (Å²) in [6, 6.07) is 7.11. The van der Waals surface area contributed by atoms with E-state index in [9.17, 15) is 4.79 Å². The highest BCUT2D eigenvalue weighted by molar-refractivity contribution is 5.86. The van der Waals surface area contributed by atoms with E-state index in [0.29, 0.717) is 5.82 Å². The lowest BCUT2D eigenvalue weighted by Crippen LogP contribution is -2.41. The lowest BCUT2D eigenvalue weighted by molar-refractivity contribution is -0.122. The number of benzene rings is 1. The largest absolute Gasteiger partial charge is 0.381 e. The normalized spacial score (nSPS) is 12.4. The number of carbonyl (C=O) groups is 1. The lowest BCUT2D eigenvalue weighted by atomic mass is 10.2. The van der Waals surface area contributed by atoms with Gasteiger partial charge >= 0.3 is 0 Å². The Morgan fingerprint density at radius 3 is 2.35 bits per heavy atom. The van der Waals surface area contributed by atoms with Crippen LogP contribution in [0.2, 0.25) is 0 Å². The molecular formula is C14H19N5O. The first-order valence-electron chi connectivity index (χ1n) is 6.56. The summed E-state index contributed by atoms with van der Waals surface area (Å²) >= 11 is 0. The molecule has 0 saturated heterocycles. The van der Waals surface area contributed by atoms with Crippen molar-refractivity contribution in [2.45, 2.75) is 32.9 Å². The predicted molar refractivity (Wildman–Crippen MR) is 80.3 cm³/mol. The van der Waals surface area contributed by atoms with Gasteiger partial charge in [-0.25, -0.2) is 9.97 Å². The van der Waals surface area contributed by atoms with Crippen LogP contribution in [0.4, 0.5) is 11.6 Å². The van der Waals surface area contributed by atoms with Crippen LogP contribution in [-0.2, 0) is 4.79 Å². The van der Waals surface area contributed by atoms with Crippen molar-refractivity contribution < 1.29 is 4.79 Å². The Bertz CT molecular complexity index is 626. The molecule has 2 aromatic rings. The van der Waals surface area contributed by atoms with Crippen LogP contribution < -0.4 is 16.4 Å². The van der Waals surface area contributed by atoms with E-state index >= 15 is 0 Å². The van der Waals surface area contributed by atoms with Crippen LogP contribution in [0.1, 0.15) is 20.8 Å². The van der Waals surface area contributed by atoms with Crippen molar-refractivity contribution in [3.8, 4) is 0 Å². The Balaban J connectivity index is 2.20. The standard InChI is InChI=1S/C14H19N5O/c1-8(2)16-14(20)9(3)17-13-12(15)18-10-6-4-5-7-11(10)19-13/h4-9H,1-3H3,(H2,15,18)(H,16,20)(H,17,19). The van der Waals surface area contributed by atoms with Crippen LogP contribution in [-0.4, -0.2) is 28.0 Å². The third-order valence-electron chi connectivity index (χ3n) is 2.77. The quantitative estimate of drug-likeness (QED) is 0.785. The van der Waals surface area contributed by atoms with Gasteiger partial charge < -0.3 is 16.4 Å². The van der Waals surface area contributed by atoms with Crippen LogP contribution in [0.5, 0.6) is 0 Å². The number of aromatic nitrogens is 2. The van der Waals surface area contributed by atoms with E-state index in [4.69, 9.17) is 5.73 Å². The summed E-state index contributed by atoms with van der Waals surface area (Å²) in [4.78, 5) is 20.5. The summed E-state index contributed by atoms with van der Waals surface area (Å²) in [6.07, 6.45) is 0. The zero-order valence-corrected chi connectivity index (χ0v) is 11.8. The van der Waals surface area contributed by atoms with E-state index in [-0.39, 0.29) is 17.8 Å². The fourth-order valence-corrected chi connectivity index (χ4v) is 1.80. The minimum atomic E-state index is -0.435. The molecule has 0 aliphatic carbocycles. The molecule has 20 heavy (non-hydrogen) atoms. The van der Waals surface area contributed by atoms with Gasteiger partial charge in [0.05, 0.1) is 11.0 Å². The van der Waals surface area contributed by atoms with Gasteiger partial charge in [-0.1, -0.05) is 12.1 Å². The first-order chi connectivity index (χ1) is 9.47. The van der Waals surface area contributed by atoms with Gasteiger partial charge in [0, 0.05) is 6.04 Å². The minimum Gasteiger partial charge on any atom is -0.381 e. The van der Waals surface area contributed by atoms with Gasteiger partial charge in [-0.15, -0.1) is 0 Å². The van der Waals surface area contributed by atoms with Crippen LogP contribution >= 0.6 is 0 Å². The number of para-hydroxylation sites is 2. The van der Waals surface area contributed by atoms with Gasteiger partial charge in [-0.2, -0.15) is 0 Å². The number of anilines is 2. The van der Waals surface area contributed by atoms with Gasteiger partial charge in [0.15, 0.2) is 11.6 Å². The van der Waals surface area contributed by atoms with Crippen molar-refractivity contribution in [3.63, 3.8) is 0 Å². The number of hydrogen-bond donors (Lipinski definition) is 3. The van der Waals surface area contributed by atoms with Crippen LogP contribution in [0, 0.1) is 0 Å². The maximum absolute atomic E-state index is 11.9. The number of nitrogens with one attached hydrogen (secondary N) is 2. The Hall–Kier alpha value is -2.37. The second-order valence-electron chi connectivity index (χ2n) is 4.98. The predicted octanol–water partition coefficient (Wildman–Crippen LogP) is 1.54. The summed E-state index contributed by atoms with van der Waals surface area (Å²) in [6.45, 7) is 5.58. The highest BCUT2D eigenvalue weighted by Crippen LogP contribution is 2.18. The Morgan fingerprint density at radius 1 is 1.15 bits per heavy atom. The third-order valence-corrected chi connectivity index (χ3v) is 2.77. The molecule has 1 amide bonds. The fraction of sp³-hybridized carbons (Fsp3) is 0.357. The smallest absolute Gasteiger partial charge is 0.242 e. The maximum atomic E-state index is 11.9. The van der Waals surface area contributed by atoms with Crippen molar-refractivity contribution >= 4 is 28.6 Å². The molecule has 1 atom stereocenters. The molecule has 2 rings (SSSR count). The summed E-state index contributed by atoms with van der Waals surface area (Å²) in [7, 11) is 0. The van der Waals surface area contributed by atoms with Crippen LogP contribution in [0.25, 0.3) is 11.0 Å². The van der Waals surface area contributed by atoms with E-state index in [1.807, 2.05) is 38.1 Å². The van der Waals surface area contributed by atoms with E-state index < -0.39 is 6.04 Å². The van der Waals surface area contributed by atoms with Crippen molar-refractivity contribution in [2.24, 2.45) is 0 Å². The molecule has 6 nitrogen and oxygen atoms in total. The van der Waals surface area contributed by atoms with Crippen molar-refractivity contribution in [1.29, 1.82) is 0 Å². The van der Waals surface area contributed by atoms with Gasteiger partial charge in [-0.3, -0.25) is 4.79 Å². The van der Waals surface area contributed by atoms with Crippen molar-refractivity contribution in [2.75, 3.05) is 11.1 Å².